The third-order valence-electron chi connectivity index (χ3n) is 3.32. The van der Waals surface area contributed by atoms with Crippen molar-refractivity contribution in [3.05, 3.63) is 46.2 Å². The number of benzene rings is 1. The molecule has 2 aromatic heterocycles. The molecule has 0 radical (unpaired) electrons. The molecule has 108 valence electrons. The van der Waals surface area contributed by atoms with Gasteiger partial charge in [0.1, 0.15) is 10.8 Å². The summed E-state index contributed by atoms with van der Waals surface area (Å²) < 4.78 is 2.12. The molecule has 1 N–H and O–H groups in total. The van der Waals surface area contributed by atoms with Crippen LogP contribution in [0.4, 0.5) is 0 Å². The van der Waals surface area contributed by atoms with E-state index in [-0.39, 0.29) is 11.5 Å². The number of thiazole rings is 1. The molecule has 1 aromatic carbocycles. The molecule has 2 heterocycles. The fraction of sp³-hybridized carbons (Fsp3) is 0.267. The lowest BCUT2D eigenvalue weighted by Crippen LogP contribution is -2.06. The SMILES string of the molecule is CC(C)c1nc2cc(C(=O)O)ccc2n1Cc1nccs1. The van der Waals surface area contributed by atoms with Crippen molar-refractivity contribution in [1.82, 2.24) is 14.5 Å². The lowest BCUT2D eigenvalue weighted by Gasteiger charge is -2.09. The van der Waals surface area contributed by atoms with Gasteiger partial charge < -0.3 is 9.67 Å². The van der Waals surface area contributed by atoms with Crippen LogP contribution < -0.4 is 0 Å². The van der Waals surface area contributed by atoms with Crippen LogP contribution in [-0.2, 0) is 6.54 Å². The fourth-order valence-electron chi connectivity index (χ4n) is 2.35. The van der Waals surface area contributed by atoms with Crippen molar-refractivity contribution < 1.29 is 9.90 Å². The maximum absolute atomic E-state index is 11.1. The minimum absolute atomic E-state index is 0.255. The number of carboxylic acids is 1. The van der Waals surface area contributed by atoms with Gasteiger partial charge in [0.05, 0.1) is 23.1 Å². The van der Waals surface area contributed by atoms with Crippen molar-refractivity contribution in [1.29, 1.82) is 0 Å². The van der Waals surface area contributed by atoms with Crippen molar-refractivity contribution in [2.75, 3.05) is 0 Å². The monoisotopic (exact) mass is 301 g/mol. The van der Waals surface area contributed by atoms with E-state index in [2.05, 4.69) is 28.4 Å². The molecule has 0 unspecified atom stereocenters. The second kappa shape index (κ2) is 5.29. The molecule has 5 nitrogen and oxygen atoms in total. The molecule has 0 atom stereocenters. The number of aromatic carboxylic acids is 1. The van der Waals surface area contributed by atoms with E-state index < -0.39 is 5.97 Å². The van der Waals surface area contributed by atoms with Crippen LogP contribution in [0, 0.1) is 0 Å². The van der Waals surface area contributed by atoms with Gasteiger partial charge in [0.2, 0.25) is 0 Å². The van der Waals surface area contributed by atoms with Gasteiger partial charge in [0, 0.05) is 17.5 Å². The standard InChI is InChI=1S/C15H15N3O2S/c1-9(2)14-17-11-7-10(15(19)20)3-4-12(11)18(14)8-13-16-5-6-21-13/h3-7,9H,8H2,1-2H3,(H,19,20). The summed E-state index contributed by atoms with van der Waals surface area (Å²) in [4.78, 5) is 20.0. The minimum Gasteiger partial charge on any atom is -0.478 e. The summed E-state index contributed by atoms with van der Waals surface area (Å²) >= 11 is 1.60. The van der Waals surface area contributed by atoms with E-state index in [1.54, 1.807) is 29.7 Å². The average Bonchev–Trinajstić information content (AvgIpc) is 3.06. The third kappa shape index (κ3) is 2.54. The van der Waals surface area contributed by atoms with E-state index in [9.17, 15) is 4.79 Å². The number of carbonyl (C=O) groups is 1. The predicted molar refractivity (Wildman–Crippen MR) is 82.0 cm³/mol. The number of imidazole rings is 1. The Bertz CT molecular complexity index is 791. The van der Waals surface area contributed by atoms with Gasteiger partial charge in [-0.2, -0.15) is 0 Å². The van der Waals surface area contributed by atoms with Crippen molar-refractivity contribution >= 4 is 28.3 Å². The molecule has 0 saturated carbocycles. The highest BCUT2D eigenvalue weighted by molar-refractivity contribution is 7.09. The molecule has 6 heteroatoms. The molecular formula is C15H15N3O2S. The first-order valence-corrected chi connectivity index (χ1v) is 7.56. The maximum Gasteiger partial charge on any atom is 0.335 e. The molecule has 0 saturated heterocycles. The van der Waals surface area contributed by atoms with Crippen LogP contribution in [0.15, 0.2) is 29.8 Å². The van der Waals surface area contributed by atoms with E-state index in [1.165, 1.54) is 0 Å². The summed E-state index contributed by atoms with van der Waals surface area (Å²) in [6.07, 6.45) is 1.79. The number of carboxylic acid groups (broad SMARTS) is 1. The van der Waals surface area contributed by atoms with Crippen LogP contribution in [0.2, 0.25) is 0 Å². The first kappa shape index (κ1) is 13.8. The number of rotatable bonds is 4. The van der Waals surface area contributed by atoms with Crippen LogP contribution in [0.3, 0.4) is 0 Å². The molecule has 3 rings (SSSR count). The fourth-order valence-corrected chi connectivity index (χ4v) is 2.96. The summed E-state index contributed by atoms with van der Waals surface area (Å²) in [6, 6.07) is 5.07. The lowest BCUT2D eigenvalue weighted by atomic mass is 10.2. The van der Waals surface area contributed by atoms with Gasteiger partial charge in [0.15, 0.2) is 0 Å². The predicted octanol–water partition coefficient (Wildman–Crippen LogP) is 3.36. The van der Waals surface area contributed by atoms with Gasteiger partial charge in [0.25, 0.3) is 0 Å². The highest BCUT2D eigenvalue weighted by atomic mass is 32.1. The Morgan fingerprint density at radius 3 is 2.86 bits per heavy atom. The van der Waals surface area contributed by atoms with E-state index in [4.69, 9.17) is 5.11 Å². The zero-order valence-corrected chi connectivity index (χ0v) is 12.6. The zero-order chi connectivity index (χ0) is 15.0. The number of hydrogen-bond donors (Lipinski definition) is 1. The van der Waals surface area contributed by atoms with Gasteiger partial charge in [-0.25, -0.2) is 14.8 Å². The van der Waals surface area contributed by atoms with Crippen LogP contribution in [0.25, 0.3) is 11.0 Å². The van der Waals surface area contributed by atoms with Crippen molar-refractivity contribution in [2.24, 2.45) is 0 Å². The van der Waals surface area contributed by atoms with Crippen LogP contribution in [-0.4, -0.2) is 25.6 Å². The Hall–Kier alpha value is -2.21. The molecule has 0 bridgehead atoms. The minimum atomic E-state index is -0.933. The second-order valence-electron chi connectivity index (χ2n) is 5.15. The maximum atomic E-state index is 11.1. The van der Waals surface area contributed by atoms with E-state index in [1.807, 2.05) is 11.4 Å². The highest BCUT2D eigenvalue weighted by Crippen LogP contribution is 2.24. The molecule has 3 aromatic rings. The Kier molecular flexibility index (Phi) is 3.47. The van der Waals surface area contributed by atoms with Gasteiger partial charge >= 0.3 is 5.97 Å². The third-order valence-corrected chi connectivity index (χ3v) is 4.08. The quantitative estimate of drug-likeness (QED) is 0.802. The molecule has 0 aliphatic heterocycles. The van der Waals surface area contributed by atoms with Crippen LogP contribution in [0.1, 0.15) is 41.0 Å². The second-order valence-corrected chi connectivity index (χ2v) is 6.12. The summed E-state index contributed by atoms with van der Waals surface area (Å²) in [6.45, 7) is 4.82. The van der Waals surface area contributed by atoms with Crippen molar-refractivity contribution in [2.45, 2.75) is 26.3 Å². The molecule has 21 heavy (non-hydrogen) atoms. The van der Waals surface area contributed by atoms with Gasteiger partial charge in [-0.05, 0) is 18.2 Å². The zero-order valence-electron chi connectivity index (χ0n) is 11.8. The Balaban J connectivity index is 2.15. The van der Waals surface area contributed by atoms with E-state index in [0.29, 0.717) is 6.54 Å². The van der Waals surface area contributed by atoms with E-state index >= 15 is 0 Å². The van der Waals surface area contributed by atoms with E-state index in [0.717, 1.165) is 21.9 Å². The highest BCUT2D eigenvalue weighted by Gasteiger charge is 2.16. The van der Waals surface area contributed by atoms with Gasteiger partial charge in [-0.15, -0.1) is 11.3 Å². The molecule has 0 spiro atoms. The summed E-state index contributed by atoms with van der Waals surface area (Å²) in [7, 11) is 0. The Morgan fingerprint density at radius 1 is 1.43 bits per heavy atom. The topological polar surface area (TPSA) is 68.0 Å². The number of aromatic nitrogens is 3. The van der Waals surface area contributed by atoms with Gasteiger partial charge in [-0.1, -0.05) is 13.8 Å². The average molecular weight is 301 g/mol. The lowest BCUT2D eigenvalue weighted by molar-refractivity contribution is 0.0697. The number of nitrogens with zero attached hydrogens (tertiary/aromatic N) is 3. The molecular weight excluding hydrogens is 286 g/mol. The van der Waals surface area contributed by atoms with Crippen molar-refractivity contribution in [3.8, 4) is 0 Å². The first-order chi connectivity index (χ1) is 10.1. The number of hydrogen-bond acceptors (Lipinski definition) is 4. The summed E-state index contributed by atoms with van der Waals surface area (Å²) in [5.74, 6) is 0.269. The molecule has 0 aliphatic carbocycles. The molecule has 0 amide bonds. The van der Waals surface area contributed by atoms with Crippen molar-refractivity contribution in [3.63, 3.8) is 0 Å². The largest absolute Gasteiger partial charge is 0.478 e. The summed E-state index contributed by atoms with van der Waals surface area (Å²) in [5.41, 5.74) is 1.92. The van der Waals surface area contributed by atoms with Crippen LogP contribution >= 0.6 is 11.3 Å². The molecule has 0 fully saturated rings. The molecule has 0 aliphatic rings. The van der Waals surface area contributed by atoms with Gasteiger partial charge in [-0.3, -0.25) is 0 Å². The normalized spacial score (nSPS) is 11.4. The summed E-state index contributed by atoms with van der Waals surface area (Å²) in [5, 5.41) is 12.1. The Labute approximate surface area is 125 Å². The number of fused-ring (bicyclic) bond motifs is 1. The smallest absolute Gasteiger partial charge is 0.335 e. The van der Waals surface area contributed by atoms with Crippen LogP contribution in [0.5, 0.6) is 0 Å². The Morgan fingerprint density at radius 2 is 2.24 bits per heavy atom. The first-order valence-electron chi connectivity index (χ1n) is 6.68.